The lowest BCUT2D eigenvalue weighted by atomic mass is 10.0. The Balaban J connectivity index is 2.52. The van der Waals surface area contributed by atoms with E-state index in [2.05, 4.69) is 25.7 Å². The van der Waals surface area contributed by atoms with Crippen LogP contribution in [0, 0.1) is 0 Å². The predicted molar refractivity (Wildman–Crippen MR) is 62.4 cm³/mol. The first kappa shape index (κ1) is 12.0. The average molecular weight is 198 g/mol. The molecule has 1 rings (SSSR count). The zero-order valence-corrected chi connectivity index (χ0v) is 10.1. The van der Waals surface area contributed by atoms with E-state index in [4.69, 9.17) is 5.73 Å². The molecule has 0 spiro atoms. The second-order valence-corrected chi connectivity index (χ2v) is 5.37. The maximum Gasteiger partial charge on any atom is 0.0226 e. The third kappa shape index (κ3) is 3.97. The minimum Gasteiger partial charge on any atom is -0.324 e. The van der Waals surface area contributed by atoms with Gasteiger partial charge in [0.15, 0.2) is 0 Å². The third-order valence-corrected chi connectivity index (χ3v) is 3.08. The van der Waals surface area contributed by atoms with Crippen LogP contribution >= 0.6 is 0 Å². The Morgan fingerprint density at radius 3 is 2.57 bits per heavy atom. The van der Waals surface area contributed by atoms with Crippen LogP contribution in [0.5, 0.6) is 0 Å². The van der Waals surface area contributed by atoms with Gasteiger partial charge in [-0.05, 0) is 39.7 Å². The van der Waals surface area contributed by atoms with E-state index in [0.717, 1.165) is 12.6 Å². The first-order chi connectivity index (χ1) is 6.53. The highest BCUT2D eigenvalue weighted by atomic mass is 15.2. The van der Waals surface area contributed by atoms with Gasteiger partial charge in [-0.2, -0.15) is 0 Å². The average Bonchev–Trinajstić information content (AvgIpc) is 2.27. The lowest BCUT2D eigenvalue weighted by molar-refractivity contribution is 0.162. The summed E-state index contributed by atoms with van der Waals surface area (Å²) in [5.41, 5.74) is 6.05. The number of nitrogens with zero attached hydrogens (tertiary/aromatic N) is 1. The maximum absolute atomic E-state index is 6.09. The van der Waals surface area contributed by atoms with Gasteiger partial charge in [0.05, 0.1) is 0 Å². The predicted octanol–water partition coefficient (Wildman–Crippen LogP) is 2.38. The van der Waals surface area contributed by atoms with Crippen LogP contribution in [0.15, 0.2) is 0 Å². The Kier molecular flexibility index (Phi) is 4.39. The summed E-state index contributed by atoms with van der Waals surface area (Å²) in [6, 6.07) is 0.778. The Hall–Kier alpha value is -0.0800. The molecule has 0 aromatic rings. The van der Waals surface area contributed by atoms with Gasteiger partial charge in [0.25, 0.3) is 0 Å². The Morgan fingerprint density at radius 1 is 1.29 bits per heavy atom. The van der Waals surface area contributed by atoms with Crippen LogP contribution in [0.25, 0.3) is 0 Å². The summed E-state index contributed by atoms with van der Waals surface area (Å²) in [6.45, 7) is 8.85. The highest BCUT2D eigenvalue weighted by molar-refractivity contribution is 4.82. The molecule has 0 aromatic carbocycles. The molecular formula is C12H26N2. The molecular weight excluding hydrogens is 172 g/mol. The highest BCUT2D eigenvalue weighted by Gasteiger charge is 2.23. The van der Waals surface area contributed by atoms with Gasteiger partial charge in [0.1, 0.15) is 0 Å². The summed E-state index contributed by atoms with van der Waals surface area (Å²) in [7, 11) is 0. The number of hydrogen-bond donors (Lipinski definition) is 1. The van der Waals surface area contributed by atoms with Crippen molar-refractivity contribution in [3.8, 4) is 0 Å². The lowest BCUT2D eigenvalue weighted by Crippen LogP contribution is -2.48. The quantitative estimate of drug-likeness (QED) is 0.754. The SMILES string of the molecule is CCC1CCCCCN1CC(C)(C)N. The molecule has 1 aliphatic rings. The van der Waals surface area contributed by atoms with Gasteiger partial charge in [-0.15, -0.1) is 0 Å². The van der Waals surface area contributed by atoms with Crippen LogP contribution in [-0.4, -0.2) is 29.6 Å². The zero-order valence-electron chi connectivity index (χ0n) is 10.1. The van der Waals surface area contributed by atoms with Crippen molar-refractivity contribution in [3.63, 3.8) is 0 Å². The molecule has 0 aliphatic carbocycles. The highest BCUT2D eigenvalue weighted by Crippen LogP contribution is 2.20. The van der Waals surface area contributed by atoms with Crippen LogP contribution in [0.1, 0.15) is 52.9 Å². The molecule has 1 heterocycles. The smallest absolute Gasteiger partial charge is 0.0226 e. The third-order valence-electron chi connectivity index (χ3n) is 3.08. The van der Waals surface area contributed by atoms with E-state index in [0.29, 0.717) is 0 Å². The molecule has 84 valence electrons. The van der Waals surface area contributed by atoms with Crippen molar-refractivity contribution < 1.29 is 0 Å². The molecule has 0 saturated carbocycles. The molecule has 1 unspecified atom stereocenters. The molecule has 0 radical (unpaired) electrons. The van der Waals surface area contributed by atoms with Gasteiger partial charge in [-0.3, -0.25) is 4.90 Å². The molecule has 2 N–H and O–H groups in total. The van der Waals surface area contributed by atoms with Crippen molar-refractivity contribution in [1.82, 2.24) is 4.90 Å². The van der Waals surface area contributed by atoms with Gasteiger partial charge in [0, 0.05) is 18.1 Å². The zero-order chi connectivity index (χ0) is 10.6. The second-order valence-electron chi connectivity index (χ2n) is 5.37. The van der Waals surface area contributed by atoms with E-state index < -0.39 is 0 Å². The molecule has 1 aliphatic heterocycles. The monoisotopic (exact) mass is 198 g/mol. The summed E-state index contributed by atoms with van der Waals surface area (Å²) < 4.78 is 0. The van der Waals surface area contributed by atoms with Crippen LogP contribution in [0.3, 0.4) is 0 Å². The van der Waals surface area contributed by atoms with Crippen LogP contribution < -0.4 is 5.73 Å². The van der Waals surface area contributed by atoms with Crippen molar-refractivity contribution in [3.05, 3.63) is 0 Å². The number of nitrogens with two attached hydrogens (primary N) is 1. The minimum absolute atomic E-state index is 0.0439. The van der Waals surface area contributed by atoms with Crippen LogP contribution in [0.2, 0.25) is 0 Å². The van der Waals surface area contributed by atoms with Crippen LogP contribution in [0.4, 0.5) is 0 Å². The van der Waals surface area contributed by atoms with Gasteiger partial charge in [-0.25, -0.2) is 0 Å². The molecule has 2 heteroatoms. The molecule has 1 fully saturated rings. The summed E-state index contributed by atoms with van der Waals surface area (Å²) >= 11 is 0. The molecule has 14 heavy (non-hydrogen) atoms. The summed E-state index contributed by atoms with van der Waals surface area (Å²) in [5.74, 6) is 0. The molecule has 0 bridgehead atoms. The van der Waals surface area contributed by atoms with E-state index >= 15 is 0 Å². The van der Waals surface area contributed by atoms with E-state index in [1.807, 2.05) is 0 Å². The summed E-state index contributed by atoms with van der Waals surface area (Å²) in [4.78, 5) is 2.60. The van der Waals surface area contributed by atoms with Crippen molar-refractivity contribution in [2.45, 2.75) is 64.5 Å². The molecule has 2 nitrogen and oxygen atoms in total. The summed E-state index contributed by atoms with van der Waals surface area (Å²) in [6.07, 6.45) is 6.80. The fourth-order valence-corrected chi connectivity index (χ4v) is 2.43. The van der Waals surface area contributed by atoms with Crippen molar-refractivity contribution >= 4 is 0 Å². The molecule has 0 aromatic heterocycles. The van der Waals surface area contributed by atoms with Crippen LogP contribution in [-0.2, 0) is 0 Å². The summed E-state index contributed by atoms with van der Waals surface area (Å²) in [5, 5.41) is 0. The lowest BCUT2D eigenvalue weighted by Gasteiger charge is -2.34. The second kappa shape index (κ2) is 5.13. The van der Waals surface area contributed by atoms with E-state index in [1.165, 1.54) is 38.6 Å². The van der Waals surface area contributed by atoms with Crippen molar-refractivity contribution in [2.24, 2.45) is 5.73 Å². The molecule has 1 saturated heterocycles. The van der Waals surface area contributed by atoms with Crippen molar-refractivity contribution in [2.75, 3.05) is 13.1 Å². The maximum atomic E-state index is 6.09. The number of likely N-dealkylation sites (tertiary alicyclic amines) is 1. The van der Waals surface area contributed by atoms with Gasteiger partial charge in [0.2, 0.25) is 0 Å². The minimum atomic E-state index is -0.0439. The Morgan fingerprint density at radius 2 is 2.00 bits per heavy atom. The standard InChI is InChI=1S/C12H26N2/c1-4-11-8-6-5-7-9-14(11)10-12(2,3)13/h11H,4-10,13H2,1-3H3. The van der Waals surface area contributed by atoms with E-state index in [-0.39, 0.29) is 5.54 Å². The van der Waals surface area contributed by atoms with Gasteiger partial charge >= 0.3 is 0 Å². The van der Waals surface area contributed by atoms with E-state index in [9.17, 15) is 0 Å². The normalized spacial score (nSPS) is 26.1. The van der Waals surface area contributed by atoms with Gasteiger partial charge < -0.3 is 5.73 Å². The fourth-order valence-electron chi connectivity index (χ4n) is 2.43. The largest absolute Gasteiger partial charge is 0.324 e. The molecule has 1 atom stereocenters. The van der Waals surface area contributed by atoms with Gasteiger partial charge in [-0.1, -0.05) is 19.8 Å². The number of hydrogen-bond acceptors (Lipinski definition) is 2. The molecule has 0 amide bonds. The van der Waals surface area contributed by atoms with Crippen molar-refractivity contribution in [1.29, 1.82) is 0 Å². The number of rotatable bonds is 3. The van der Waals surface area contributed by atoms with E-state index in [1.54, 1.807) is 0 Å². The Labute approximate surface area is 88.8 Å². The fraction of sp³-hybridized carbons (Fsp3) is 1.00. The first-order valence-corrected chi connectivity index (χ1v) is 6.06. The topological polar surface area (TPSA) is 29.3 Å². The first-order valence-electron chi connectivity index (χ1n) is 6.06. The Bertz CT molecular complexity index is 160.